The largest absolute Gasteiger partial charge is 0.350 e. The number of nitrogens with zero attached hydrogens (tertiary/aromatic N) is 1. The molecule has 0 unspecified atom stereocenters. The summed E-state index contributed by atoms with van der Waals surface area (Å²) in [6.07, 6.45) is 0.429. The first-order chi connectivity index (χ1) is 12.9. The Morgan fingerprint density at radius 3 is 2.63 bits per heavy atom. The second-order valence-corrected chi connectivity index (χ2v) is 7.31. The van der Waals surface area contributed by atoms with E-state index in [0.717, 1.165) is 22.3 Å². The Morgan fingerprint density at radius 1 is 1.19 bits per heavy atom. The molecule has 3 aromatic rings. The first kappa shape index (κ1) is 17.6. The summed E-state index contributed by atoms with van der Waals surface area (Å²) in [5.74, 6) is -5.52. The second kappa shape index (κ2) is 6.73. The van der Waals surface area contributed by atoms with Crippen molar-refractivity contribution in [3.63, 3.8) is 0 Å². The molecule has 1 atom stereocenters. The zero-order valence-electron chi connectivity index (χ0n) is 13.9. The number of aromatic amines is 1. The Morgan fingerprint density at radius 2 is 1.93 bits per heavy atom. The smallest absolute Gasteiger partial charge is 0.270 e. The van der Waals surface area contributed by atoms with Gasteiger partial charge in [0.05, 0.1) is 16.1 Å². The van der Waals surface area contributed by atoms with Gasteiger partial charge in [-0.3, -0.25) is 9.59 Å². The lowest BCUT2D eigenvalue weighted by Crippen LogP contribution is -2.31. The van der Waals surface area contributed by atoms with Gasteiger partial charge < -0.3 is 15.2 Å². The van der Waals surface area contributed by atoms with E-state index in [1.54, 1.807) is 11.0 Å². The summed E-state index contributed by atoms with van der Waals surface area (Å²) in [6, 6.07) is 5.11. The third-order valence-electron chi connectivity index (χ3n) is 4.57. The Labute approximate surface area is 155 Å². The van der Waals surface area contributed by atoms with Crippen molar-refractivity contribution in [2.75, 3.05) is 18.4 Å². The number of thiophene rings is 1. The Bertz CT molecular complexity index is 994. The van der Waals surface area contributed by atoms with Crippen LogP contribution in [0.4, 0.5) is 18.9 Å². The van der Waals surface area contributed by atoms with Gasteiger partial charge in [0.2, 0.25) is 5.91 Å². The number of fused-ring (bicyclic) bond motifs is 1. The van der Waals surface area contributed by atoms with E-state index in [0.29, 0.717) is 18.7 Å². The number of amides is 2. The lowest BCUT2D eigenvalue weighted by atomic mass is 10.1. The van der Waals surface area contributed by atoms with Gasteiger partial charge in [0, 0.05) is 30.9 Å². The van der Waals surface area contributed by atoms with Crippen LogP contribution in [0.1, 0.15) is 16.9 Å². The third kappa shape index (κ3) is 3.30. The van der Waals surface area contributed by atoms with Crippen molar-refractivity contribution in [3.05, 3.63) is 52.8 Å². The quantitative estimate of drug-likeness (QED) is 0.666. The number of anilines is 1. The molecule has 2 N–H and O–H groups in total. The van der Waals surface area contributed by atoms with E-state index < -0.39 is 29.3 Å². The van der Waals surface area contributed by atoms with Crippen LogP contribution >= 0.6 is 11.3 Å². The van der Waals surface area contributed by atoms with Crippen molar-refractivity contribution in [2.24, 2.45) is 5.92 Å². The molecule has 1 aromatic carbocycles. The highest BCUT2D eigenvalue weighted by Gasteiger charge is 2.32. The van der Waals surface area contributed by atoms with Crippen LogP contribution in [0.25, 0.3) is 10.2 Å². The fourth-order valence-corrected chi connectivity index (χ4v) is 3.95. The first-order valence-corrected chi connectivity index (χ1v) is 9.11. The molecule has 5 nitrogen and oxygen atoms in total. The highest BCUT2D eigenvalue weighted by Crippen LogP contribution is 2.25. The number of rotatable bonds is 3. The zero-order chi connectivity index (χ0) is 19.1. The van der Waals surface area contributed by atoms with Gasteiger partial charge in [-0.05, 0) is 23.9 Å². The van der Waals surface area contributed by atoms with Gasteiger partial charge in [-0.25, -0.2) is 13.2 Å². The maximum absolute atomic E-state index is 13.3. The van der Waals surface area contributed by atoms with E-state index in [4.69, 9.17) is 0 Å². The lowest BCUT2D eigenvalue weighted by Gasteiger charge is -2.15. The molecule has 4 rings (SSSR count). The number of aromatic nitrogens is 1. The highest BCUT2D eigenvalue weighted by molar-refractivity contribution is 7.17. The van der Waals surface area contributed by atoms with Gasteiger partial charge in [0.25, 0.3) is 5.91 Å². The molecule has 1 aliphatic heterocycles. The molecule has 1 fully saturated rings. The van der Waals surface area contributed by atoms with Gasteiger partial charge in [0.1, 0.15) is 5.69 Å². The molecule has 9 heteroatoms. The summed E-state index contributed by atoms with van der Waals surface area (Å²) in [6.45, 7) is 0.596. The minimum atomic E-state index is -1.59. The van der Waals surface area contributed by atoms with Crippen LogP contribution in [0.5, 0.6) is 0 Å². The number of H-pyrrole nitrogens is 1. The Hall–Kier alpha value is -2.81. The molecule has 1 aliphatic rings. The molecule has 1 saturated heterocycles. The van der Waals surface area contributed by atoms with Crippen LogP contribution in [-0.2, 0) is 4.79 Å². The molecular formula is C18H14F3N3O2S. The van der Waals surface area contributed by atoms with Crippen LogP contribution in [0, 0.1) is 23.4 Å². The summed E-state index contributed by atoms with van der Waals surface area (Å²) in [5, 5.41) is 4.30. The fraction of sp³-hybridized carbons (Fsp3) is 0.222. The second-order valence-electron chi connectivity index (χ2n) is 6.36. The van der Waals surface area contributed by atoms with Crippen LogP contribution in [0.15, 0.2) is 29.6 Å². The molecule has 2 aromatic heterocycles. The predicted molar refractivity (Wildman–Crippen MR) is 95.1 cm³/mol. The Kier molecular flexibility index (Phi) is 4.39. The molecule has 0 saturated carbocycles. The SMILES string of the molecule is O=C(Nc1cc(F)c(F)c(F)c1)[C@H]1CCN(C(=O)c2cc3sccc3[nH]2)C1. The van der Waals surface area contributed by atoms with Crippen LogP contribution < -0.4 is 5.32 Å². The van der Waals surface area contributed by atoms with Gasteiger partial charge in [-0.15, -0.1) is 11.3 Å². The van der Waals surface area contributed by atoms with Crippen molar-refractivity contribution in [3.8, 4) is 0 Å². The zero-order valence-corrected chi connectivity index (χ0v) is 14.7. The molecule has 0 radical (unpaired) electrons. The van der Waals surface area contributed by atoms with Crippen LogP contribution in [-0.4, -0.2) is 34.8 Å². The fourth-order valence-electron chi connectivity index (χ4n) is 3.16. The summed E-state index contributed by atoms with van der Waals surface area (Å²) in [4.78, 5) is 29.5. The molecule has 3 heterocycles. The van der Waals surface area contributed by atoms with Crippen molar-refractivity contribution in [2.45, 2.75) is 6.42 Å². The standard InChI is InChI=1S/C18H14F3N3O2S/c19-11-5-10(6-12(20)16(11)21)22-17(25)9-1-3-24(8-9)18(26)14-7-15-13(23-14)2-4-27-15/h2,4-7,9,23H,1,3,8H2,(H,22,25)/t9-/m0/s1. The van der Waals surface area contributed by atoms with Crippen molar-refractivity contribution in [1.29, 1.82) is 0 Å². The molecule has 140 valence electrons. The number of halogens is 3. The van der Waals surface area contributed by atoms with Gasteiger partial charge in [0.15, 0.2) is 17.5 Å². The number of hydrogen-bond donors (Lipinski definition) is 2. The molecule has 27 heavy (non-hydrogen) atoms. The van der Waals surface area contributed by atoms with E-state index in [1.165, 1.54) is 11.3 Å². The van der Waals surface area contributed by atoms with Crippen molar-refractivity contribution < 1.29 is 22.8 Å². The molecule has 0 aliphatic carbocycles. The van der Waals surface area contributed by atoms with Crippen molar-refractivity contribution in [1.82, 2.24) is 9.88 Å². The normalized spacial score (nSPS) is 16.9. The topological polar surface area (TPSA) is 65.2 Å². The van der Waals surface area contributed by atoms with E-state index in [-0.39, 0.29) is 18.1 Å². The third-order valence-corrected chi connectivity index (χ3v) is 5.43. The van der Waals surface area contributed by atoms with E-state index in [9.17, 15) is 22.8 Å². The van der Waals surface area contributed by atoms with Crippen molar-refractivity contribution >= 4 is 39.1 Å². The predicted octanol–water partition coefficient (Wildman–Crippen LogP) is 3.75. The maximum atomic E-state index is 13.3. The van der Waals surface area contributed by atoms with Gasteiger partial charge >= 0.3 is 0 Å². The first-order valence-electron chi connectivity index (χ1n) is 8.23. The number of likely N-dealkylation sites (tertiary alicyclic amines) is 1. The Balaban J connectivity index is 1.42. The molecule has 0 spiro atoms. The molecule has 0 bridgehead atoms. The maximum Gasteiger partial charge on any atom is 0.270 e. The number of benzene rings is 1. The summed E-state index contributed by atoms with van der Waals surface area (Å²) in [5.41, 5.74) is 1.18. The van der Waals surface area contributed by atoms with Gasteiger partial charge in [-0.1, -0.05) is 0 Å². The monoisotopic (exact) mass is 393 g/mol. The average Bonchev–Trinajstić information content (AvgIpc) is 3.34. The summed E-state index contributed by atoms with van der Waals surface area (Å²) >= 11 is 1.52. The minimum absolute atomic E-state index is 0.161. The lowest BCUT2D eigenvalue weighted by molar-refractivity contribution is -0.119. The molecular weight excluding hydrogens is 379 g/mol. The van der Waals surface area contributed by atoms with E-state index >= 15 is 0 Å². The van der Waals surface area contributed by atoms with E-state index in [1.807, 2.05) is 11.4 Å². The van der Waals surface area contributed by atoms with Gasteiger partial charge in [-0.2, -0.15) is 0 Å². The number of carbonyl (C=O) groups is 2. The van der Waals surface area contributed by atoms with E-state index in [2.05, 4.69) is 10.3 Å². The highest BCUT2D eigenvalue weighted by atomic mass is 32.1. The van der Waals surface area contributed by atoms with Crippen LogP contribution in [0.3, 0.4) is 0 Å². The van der Waals surface area contributed by atoms with Crippen LogP contribution in [0.2, 0.25) is 0 Å². The summed E-state index contributed by atoms with van der Waals surface area (Å²) in [7, 11) is 0. The minimum Gasteiger partial charge on any atom is -0.350 e. The number of carbonyl (C=O) groups excluding carboxylic acids is 2. The average molecular weight is 393 g/mol. The number of hydrogen-bond acceptors (Lipinski definition) is 3. The summed E-state index contributed by atoms with van der Waals surface area (Å²) < 4.78 is 40.5. The number of nitrogens with one attached hydrogen (secondary N) is 2. The molecule has 2 amide bonds.